The predicted molar refractivity (Wildman–Crippen MR) is 55.0 cm³/mol. The number of carbonyl (C=O) groups is 1. The highest BCUT2D eigenvalue weighted by Gasteiger charge is 2.50. The van der Waals surface area contributed by atoms with Gasteiger partial charge in [0.05, 0.1) is 26.4 Å². The Morgan fingerprint density at radius 1 is 1.47 bits per heavy atom. The van der Waals surface area contributed by atoms with Gasteiger partial charge in [0.1, 0.15) is 0 Å². The zero-order chi connectivity index (χ0) is 12.7. The smallest absolute Gasteiger partial charge is 0.397 e. The van der Waals surface area contributed by atoms with Crippen molar-refractivity contribution in [1.82, 2.24) is 0 Å². The highest BCUT2D eigenvalue weighted by molar-refractivity contribution is 5.62. The molecule has 0 aliphatic carbocycles. The fourth-order valence-corrected chi connectivity index (χ4v) is 1.29. The first kappa shape index (κ1) is 13.9. The van der Waals surface area contributed by atoms with Crippen LogP contribution >= 0.6 is 0 Å². The molecular formula is C10H16O7. The van der Waals surface area contributed by atoms with Gasteiger partial charge in [0.25, 0.3) is 12.1 Å². The van der Waals surface area contributed by atoms with Crippen molar-refractivity contribution in [3.63, 3.8) is 0 Å². The molecule has 0 amide bonds. The minimum atomic E-state index is -1.84. The van der Waals surface area contributed by atoms with Crippen LogP contribution in [0.25, 0.3) is 0 Å². The third-order valence-corrected chi connectivity index (χ3v) is 2.00. The fraction of sp³-hybridized carbons (Fsp3) is 0.700. The van der Waals surface area contributed by atoms with Crippen LogP contribution in [0.2, 0.25) is 0 Å². The van der Waals surface area contributed by atoms with E-state index in [4.69, 9.17) is 14.6 Å². The van der Waals surface area contributed by atoms with Crippen LogP contribution in [0.15, 0.2) is 12.7 Å². The van der Waals surface area contributed by atoms with Gasteiger partial charge in [-0.1, -0.05) is 6.08 Å². The second-order valence-electron chi connectivity index (χ2n) is 3.35. The van der Waals surface area contributed by atoms with E-state index in [1.165, 1.54) is 6.08 Å². The molecule has 0 aromatic carbocycles. The summed E-state index contributed by atoms with van der Waals surface area (Å²) in [6.45, 7) is 3.85. The summed E-state index contributed by atoms with van der Waals surface area (Å²) in [6, 6.07) is 0. The summed E-state index contributed by atoms with van der Waals surface area (Å²) >= 11 is 0. The van der Waals surface area contributed by atoms with Crippen molar-refractivity contribution < 1.29 is 34.0 Å². The first-order chi connectivity index (χ1) is 8.12. The molecule has 7 heteroatoms. The molecule has 1 heterocycles. The van der Waals surface area contributed by atoms with Crippen molar-refractivity contribution in [2.24, 2.45) is 0 Å². The zero-order valence-corrected chi connectivity index (χ0v) is 9.33. The summed E-state index contributed by atoms with van der Waals surface area (Å²) in [6.07, 6.45) is -0.803. The lowest BCUT2D eigenvalue weighted by Crippen LogP contribution is -2.41. The van der Waals surface area contributed by atoms with Gasteiger partial charge in [-0.3, -0.25) is 0 Å². The Kier molecular flexibility index (Phi) is 5.36. The standard InChI is InChI=1S/C10H16O7/c1-2-3-10(13)8(16-9(12)17-10)15-7-6-14-5-4-11/h2,8,11,13H,1,3-7H2. The van der Waals surface area contributed by atoms with E-state index in [1.807, 2.05) is 0 Å². The maximum Gasteiger partial charge on any atom is 0.513 e. The third-order valence-electron chi connectivity index (χ3n) is 2.00. The Morgan fingerprint density at radius 3 is 2.88 bits per heavy atom. The predicted octanol–water partition coefficient (Wildman–Crippen LogP) is -0.231. The maximum atomic E-state index is 10.9. The van der Waals surface area contributed by atoms with Gasteiger partial charge in [0.15, 0.2) is 0 Å². The van der Waals surface area contributed by atoms with Crippen LogP contribution in [-0.2, 0) is 18.9 Å². The second-order valence-corrected chi connectivity index (χ2v) is 3.35. The summed E-state index contributed by atoms with van der Waals surface area (Å²) < 4.78 is 19.3. The monoisotopic (exact) mass is 248 g/mol. The second kappa shape index (κ2) is 6.55. The molecule has 2 N–H and O–H groups in total. The van der Waals surface area contributed by atoms with Crippen LogP contribution in [0.3, 0.4) is 0 Å². The number of ether oxygens (including phenoxy) is 4. The highest BCUT2D eigenvalue weighted by Crippen LogP contribution is 2.29. The molecule has 17 heavy (non-hydrogen) atoms. The number of carbonyl (C=O) groups excluding carboxylic acids is 1. The van der Waals surface area contributed by atoms with Gasteiger partial charge in [-0.2, -0.15) is 0 Å². The molecule has 0 bridgehead atoms. The summed E-state index contributed by atoms with van der Waals surface area (Å²) in [5.41, 5.74) is 0. The number of rotatable bonds is 8. The lowest BCUT2D eigenvalue weighted by atomic mass is 10.2. The minimum Gasteiger partial charge on any atom is -0.397 e. The van der Waals surface area contributed by atoms with E-state index in [0.717, 1.165) is 0 Å². The topological polar surface area (TPSA) is 94.5 Å². The number of aliphatic hydroxyl groups excluding tert-OH is 1. The molecule has 1 rings (SSSR count). The molecule has 1 aliphatic rings. The van der Waals surface area contributed by atoms with Gasteiger partial charge in [-0.25, -0.2) is 4.79 Å². The lowest BCUT2D eigenvalue weighted by molar-refractivity contribution is -0.243. The molecular weight excluding hydrogens is 232 g/mol. The van der Waals surface area contributed by atoms with Crippen molar-refractivity contribution in [3.8, 4) is 0 Å². The first-order valence-electron chi connectivity index (χ1n) is 5.15. The van der Waals surface area contributed by atoms with Crippen molar-refractivity contribution in [2.75, 3.05) is 26.4 Å². The van der Waals surface area contributed by atoms with Crippen LogP contribution in [0.5, 0.6) is 0 Å². The lowest BCUT2D eigenvalue weighted by Gasteiger charge is -2.23. The fourth-order valence-electron chi connectivity index (χ4n) is 1.29. The quantitative estimate of drug-likeness (QED) is 0.348. The van der Waals surface area contributed by atoms with Gasteiger partial charge in [-0.15, -0.1) is 6.58 Å². The molecule has 1 fully saturated rings. The molecule has 1 saturated heterocycles. The number of hydrogen-bond acceptors (Lipinski definition) is 7. The molecule has 2 unspecified atom stereocenters. The molecule has 98 valence electrons. The minimum absolute atomic E-state index is 0.000897. The normalized spacial score (nSPS) is 27.6. The van der Waals surface area contributed by atoms with E-state index in [9.17, 15) is 9.90 Å². The molecule has 0 radical (unpaired) electrons. The molecule has 7 nitrogen and oxygen atoms in total. The van der Waals surface area contributed by atoms with Crippen LogP contribution in [0.4, 0.5) is 4.79 Å². The van der Waals surface area contributed by atoms with Gasteiger partial charge in [-0.05, 0) is 0 Å². The van der Waals surface area contributed by atoms with Gasteiger partial charge < -0.3 is 29.2 Å². The molecule has 0 aromatic heterocycles. The largest absolute Gasteiger partial charge is 0.513 e. The van der Waals surface area contributed by atoms with Crippen LogP contribution in [0.1, 0.15) is 6.42 Å². The van der Waals surface area contributed by atoms with E-state index in [2.05, 4.69) is 16.1 Å². The SMILES string of the molecule is C=CCC1(O)OC(=O)OC1OCCOCCO. The van der Waals surface area contributed by atoms with Gasteiger partial charge in [0, 0.05) is 6.42 Å². The highest BCUT2D eigenvalue weighted by atomic mass is 16.9. The Balaban J connectivity index is 2.34. The first-order valence-corrected chi connectivity index (χ1v) is 5.15. The number of hydrogen-bond donors (Lipinski definition) is 2. The average Bonchev–Trinajstić information content (AvgIpc) is 2.54. The Hall–Kier alpha value is -1.15. The zero-order valence-electron chi connectivity index (χ0n) is 9.33. The van der Waals surface area contributed by atoms with Gasteiger partial charge in [0.2, 0.25) is 0 Å². The average molecular weight is 248 g/mol. The summed E-state index contributed by atoms with van der Waals surface area (Å²) in [4.78, 5) is 10.9. The number of aliphatic hydroxyl groups is 2. The molecule has 0 spiro atoms. The summed E-state index contributed by atoms with van der Waals surface area (Å²) in [5, 5.41) is 18.3. The third kappa shape index (κ3) is 3.97. The molecule has 1 aliphatic heterocycles. The van der Waals surface area contributed by atoms with Crippen LogP contribution in [-0.4, -0.2) is 54.9 Å². The Bertz CT molecular complexity index is 267. The number of cyclic esters (lactones) is 2. The van der Waals surface area contributed by atoms with Crippen molar-refractivity contribution in [3.05, 3.63) is 12.7 Å². The van der Waals surface area contributed by atoms with E-state index < -0.39 is 18.2 Å². The van der Waals surface area contributed by atoms with Crippen molar-refractivity contribution >= 4 is 6.16 Å². The van der Waals surface area contributed by atoms with Crippen molar-refractivity contribution in [2.45, 2.75) is 18.5 Å². The Labute approximate surface area is 98.5 Å². The van der Waals surface area contributed by atoms with E-state index >= 15 is 0 Å². The van der Waals surface area contributed by atoms with Gasteiger partial charge >= 0.3 is 6.16 Å². The Morgan fingerprint density at radius 2 is 2.24 bits per heavy atom. The van der Waals surface area contributed by atoms with E-state index in [0.29, 0.717) is 0 Å². The van der Waals surface area contributed by atoms with Crippen molar-refractivity contribution in [1.29, 1.82) is 0 Å². The van der Waals surface area contributed by atoms with E-state index in [-0.39, 0.29) is 32.8 Å². The van der Waals surface area contributed by atoms with Crippen LogP contribution in [0, 0.1) is 0 Å². The molecule has 0 aromatic rings. The molecule has 0 saturated carbocycles. The van der Waals surface area contributed by atoms with Crippen LogP contribution < -0.4 is 0 Å². The maximum absolute atomic E-state index is 10.9. The molecule has 2 atom stereocenters. The summed E-state index contributed by atoms with van der Waals surface area (Å²) in [7, 11) is 0. The van der Waals surface area contributed by atoms with E-state index in [1.54, 1.807) is 0 Å². The summed E-state index contributed by atoms with van der Waals surface area (Å²) in [5.74, 6) is -1.84.